The second-order valence-corrected chi connectivity index (χ2v) is 2.62. The molecule has 1 fully saturated rings. The van der Waals surface area contributed by atoms with Crippen LogP contribution >= 0.6 is 0 Å². The highest BCUT2D eigenvalue weighted by atomic mass is 16.4. The summed E-state index contributed by atoms with van der Waals surface area (Å²) in [6.45, 7) is 5.99. The van der Waals surface area contributed by atoms with Gasteiger partial charge in [0.05, 0.1) is 5.92 Å². The molecule has 0 aliphatic carbocycles. The molecule has 1 atom stereocenters. The highest BCUT2D eigenvalue weighted by molar-refractivity contribution is 5.70. The predicted molar refractivity (Wildman–Crippen MR) is 37.5 cm³/mol. The van der Waals surface area contributed by atoms with Crippen LogP contribution in [0.15, 0.2) is 0 Å². The minimum atomic E-state index is -0.670. The predicted octanol–water partition coefficient (Wildman–Crippen LogP) is 0.227. The number of hydrogen-bond acceptors (Lipinski definition) is 2. The monoisotopic (exact) mass is 142 g/mol. The van der Waals surface area contributed by atoms with Crippen LogP contribution in [0.1, 0.15) is 6.42 Å². The molecule has 3 nitrogen and oxygen atoms in total. The molecule has 1 aliphatic heterocycles. The highest BCUT2D eigenvalue weighted by Gasteiger charge is 2.26. The first-order valence-corrected chi connectivity index (χ1v) is 3.48. The maximum absolute atomic E-state index is 10.4. The number of aliphatic carboxylic acids is 1. The molecule has 3 heteroatoms. The Kier molecular flexibility index (Phi) is 2.27. The Morgan fingerprint density at radius 1 is 1.80 bits per heavy atom. The average molecular weight is 142 g/mol. The molecule has 10 heavy (non-hydrogen) atoms. The number of nitrogens with zero attached hydrogens (tertiary/aromatic N) is 1. The Labute approximate surface area is 60.6 Å². The summed E-state index contributed by atoms with van der Waals surface area (Å²) in [6, 6.07) is 0. The van der Waals surface area contributed by atoms with Crippen molar-refractivity contribution in [1.82, 2.24) is 4.90 Å². The summed E-state index contributed by atoms with van der Waals surface area (Å²) >= 11 is 0. The number of likely N-dealkylation sites (tertiary alicyclic amines) is 1. The number of hydrogen-bond donors (Lipinski definition) is 1. The first-order valence-electron chi connectivity index (χ1n) is 3.48. The molecule has 1 aliphatic rings. The number of rotatable bonds is 2. The van der Waals surface area contributed by atoms with Gasteiger partial charge in [-0.05, 0) is 26.4 Å². The van der Waals surface area contributed by atoms with E-state index >= 15 is 0 Å². The van der Waals surface area contributed by atoms with Crippen molar-refractivity contribution in [2.45, 2.75) is 6.42 Å². The van der Waals surface area contributed by atoms with Gasteiger partial charge in [-0.2, -0.15) is 0 Å². The zero-order valence-electron chi connectivity index (χ0n) is 5.92. The number of carboxylic acid groups (broad SMARTS) is 1. The summed E-state index contributed by atoms with van der Waals surface area (Å²) in [5.74, 6) is -0.822. The third kappa shape index (κ3) is 1.48. The van der Waals surface area contributed by atoms with Gasteiger partial charge >= 0.3 is 5.97 Å². The normalized spacial score (nSPS) is 27.1. The lowest BCUT2D eigenvalue weighted by Crippen LogP contribution is -2.22. The lowest BCUT2D eigenvalue weighted by molar-refractivity contribution is -0.141. The largest absolute Gasteiger partial charge is 0.481 e. The van der Waals surface area contributed by atoms with Gasteiger partial charge in [-0.15, -0.1) is 0 Å². The Morgan fingerprint density at radius 2 is 2.50 bits per heavy atom. The van der Waals surface area contributed by atoms with Gasteiger partial charge in [-0.1, -0.05) is 0 Å². The quantitative estimate of drug-likeness (QED) is 0.600. The molecule has 1 saturated heterocycles. The van der Waals surface area contributed by atoms with Gasteiger partial charge in [0, 0.05) is 6.54 Å². The Balaban J connectivity index is 2.35. The Hall–Kier alpha value is -0.570. The minimum Gasteiger partial charge on any atom is -0.481 e. The van der Waals surface area contributed by atoms with Crippen molar-refractivity contribution in [3.05, 3.63) is 6.92 Å². The van der Waals surface area contributed by atoms with Gasteiger partial charge in [-0.25, -0.2) is 0 Å². The number of carboxylic acids is 1. The molecular weight excluding hydrogens is 130 g/mol. The van der Waals surface area contributed by atoms with Crippen LogP contribution in [0.5, 0.6) is 0 Å². The molecule has 1 N–H and O–H groups in total. The van der Waals surface area contributed by atoms with Crippen LogP contribution in [0, 0.1) is 12.8 Å². The zero-order valence-corrected chi connectivity index (χ0v) is 5.92. The lowest BCUT2D eigenvalue weighted by atomic mass is 10.1. The molecule has 0 amide bonds. The highest BCUT2D eigenvalue weighted by Crippen LogP contribution is 2.14. The number of carbonyl (C=O) groups is 1. The van der Waals surface area contributed by atoms with Crippen LogP contribution in [-0.2, 0) is 4.79 Å². The van der Waals surface area contributed by atoms with E-state index in [9.17, 15) is 4.79 Å². The molecule has 0 saturated carbocycles. The first kappa shape index (κ1) is 7.54. The van der Waals surface area contributed by atoms with Gasteiger partial charge in [0.15, 0.2) is 0 Å². The van der Waals surface area contributed by atoms with Crippen molar-refractivity contribution >= 4 is 5.97 Å². The van der Waals surface area contributed by atoms with Crippen molar-refractivity contribution < 1.29 is 9.90 Å². The molecule has 57 valence electrons. The molecule has 1 heterocycles. The Bertz CT molecular complexity index is 136. The smallest absolute Gasteiger partial charge is 0.307 e. The van der Waals surface area contributed by atoms with E-state index in [-0.39, 0.29) is 5.92 Å². The summed E-state index contributed by atoms with van der Waals surface area (Å²) in [6.07, 6.45) is 0.783. The van der Waals surface area contributed by atoms with Gasteiger partial charge < -0.3 is 10.0 Å². The average Bonchev–Trinajstić information content (AvgIpc) is 2.34. The van der Waals surface area contributed by atoms with Crippen LogP contribution < -0.4 is 0 Å². The van der Waals surface area contributed by atoms with E-state index in [1.54, 1.807) is 0 Å². The van der Waals surface area contributed by atoms with E-state index in [2.05, 4.69) is 11.8 Å². The molecule has 0 aromatic heterocycles. The molecule has 1 radical (unpaired) electrons. The molecule has 1 unspecified atom stereocenters. The Morgan fingerprint density at radius 3 is 2.80 bits per heavy atom. The molecule has 0 spiro atoms. The van der Waals surface area contributed by atoms with E-state index < -0.39 is 5.97 Å². The maximum Gasteiger partial charge on any atom is 0.307 e. The maximum atomic E-state index is 10.4. The summed E-state index contributed by atoms with van der Waals surface area (Å²) < 4.78 is 0. The van der Waals surface area contributed by atoms with Crippen LogP contribution in [0.2, 0.25) is 0 Å². The fraction of sp³-hybridized carbons (Fsp3) is 0.714. The fourth-order valence-electron chi connectivity index (χ4n) is 1.24. The van der Waals surface area contributed by atoms with E-state index in [0.29, 0.717) is 6.54 Å². The van der Waals surface area contributed by atoms with Crippen LogP contribution in [0.4, 0.5) is 0 Å². The van der Waals surface area contributed by atoms with Crippen molar-refractivity contribution in [1.29, 1.82) is 0 Å². The zero-order chi connectivity index (χ0) is 7.56. The lowest BCUT2D eigenvalue weighted by Gasteiger charge is -2.09. The van der Waals surface area contributed by atoms with E-state index in [1.165, 1.54) is 0 Å². The molecular formula is C7H12NO2. The second kappa shape index (κ2) is 3.01. The fourth-order valence-corrected chi connectivity index (χ4v) is 1.24. The third-order valence-corrected chi connectivity index (χ3v) is 1.94. The van der Waals surface area contributed by atoms with Crippen LogP contribution in [-0.4, -0.2) is 35.6 Å². The summed E-state index contributed by atoms with van der Waals surface area (Å²) in [4.78, 5) is 12.5. The van der Waals surface area contributed by atoms with E-state index in [0.717, 1.165) is 19.5 Å². The summed E-state index contributed by atoms with van der Waals surface area (Å²) in [7, 11) is 0. The SMILES string of the molecule is [CH2]CN1CCC(C(=O)O)C1. The summed E-state index contributed by atoms with van der Waals surface area (Å²) in [5.41, 5.74) is 0. The van der Waals surface area contributed by atoms with Crippen LogP contribution in [0.3, 0.4) is 0 Å². The van der Waals surface area contributed by atoms with Crippen molar-refractivity contribution in [3.63, 3.8) is 0 Å². The van der Waals surface area contributed by atoms with Gasteiger partial charge in [0.25, 0.3) is 0 Å². The van der Waals surface area contributed by atoms with Crippen molar-refractivity contribution in [3.8, 4) is 0 Å². The molecule has 0 aromatic rings. The van der Waals surface area contributed by atoms with E-state index in [1.807, 2.05) is 0 Å². The third-order valence-electron chi connectivity index (χ3n) is 1.94. The van der Waals surface area contributed by atoms with Gasteiger partial charge in [0.1, 0.15) is 0 Å². The summed E-state index contributed by atoms with van der Waals surface area (Å²) in [5, 5.41) is 8.58. The van der Waals surface area contributed by atoms with Gasteiger partial charge in [0.2, 0.25) is 0 Å². The van der Waals surface area contributed by atoms with Gasteiger partial charge in [-0.3, -0.25) is 4.79 Å². The minimum absolute atomic E-state index is 0.151. The van der Waals surface area contributed by atoms with Crippen LogP contribution in [0.25, 0.3) is 0 Å². The molecule has 0 bridgehead atoms. The van der Waals surface area contributed by atoms with E-state index in [4.69, 9.17) is 5.11 Å². The van der Waals surface area contributed by atoms with Crippen molar-refractivity contribution in [2.24, 2.45) is 5.92 Å². The standard InChI is InChI=1S/C7H12NO2/c1-2-8-4-3-6(5-8)7(9)10/h6H,1-5H2,(H,9,10). The molecule has 1 rings (SSSR count). The van der Waals surface area contributed by atoms with Crippen molar-refractivity contribution in [2.75, 3.05) is 19.6 Å². The first-order chi connectivity index (χ1) is 4.74. The molecule has 0 aromatic carbocycles. The second-order valence-electron chi connectivity index (χ2n) is 2.62. The topological polar surface area (TPSA) is 40.5 Å².